The van der Waals surface area contributed by atoms with Gasteiger partial charge < -0.3 is 10.5 Å². The monoisotopic (exact) mass is 359 g/mol. The molecule has 0 aliphatic heterocycles. The van der Waals surface area contributed by atoms with E-state index in [2.05, 4.69) is 15.9 Å². The summed E-state index contributed by atoms with van der Waals surface area (Å²) in [7, 11) is 0. The molecule has 112 valence electrons. The molecule has 0 saturated carbocycles. The van der Waals surface area contributed by atoms with Gasteiger partial charge in [-0.3, -0.25) is 0 Å². The van der Waals surface area contributed by atoms with Crippen LogP contribution in [0.3, 0.4) is 0 Å². The van der Waals surface area contributed by atoms with Gasteiger partial charge in [-0.15, -0.1) is 0 Å². The van der Waals surface area contributed by atoms with Crippen LogP contribution in [0.25, 0.3) is 0 Å². The molecule has 0 amide bonds. The van der Waals surface area contributed by atoms with Crippen molar-refractivity contribution in [1.82, 2.24) is 0 Å². The molecular formula is C15H13BrF3NO. The van der Waals surface area contributed by atoms with Crippen molar-refractivity contribution >= 4 is 15.9 Å². The number of hydrogen-bond acceptors (Lipinski definition) is 2. The molecule has 0 aliphatic rings. The topological polar surface area (TPSA) is 35.2 Å². The van der Waals surface area contributed by atoms with E-state index in [1.807, 2.05) is 0 Å². The van der Waals surface area contributed by atoms with E-state index in [1.54, 1.807) is 24.3 Å². The summed E-state index contributed by atoms with van der Waals surface area (Å²) in [5, 5.41) is 0. The molecule has 0 atom stereocenters. The van der Waals surface area contributed by atoms with Crippen LogP contribution >= 0.6 is 15.9 Å². The Morgan fingerprint density at radius 3 is 2.52 bits per heavy atom. The second-order valence-electron chi connectivity index (χ2n) is 4.44. The highest BCUT2D eigenvalue weighted by Gasteiger charge is 2.30. The van der Waals surface area contributed by atoms with Gasteiger partial charge in [0.15, 0.2) is 0 Å². The zero-order chi connectivity index (χ0) is 15.5. The first kappa shape index (κ1) is 15.9. The number of hydrogen-bond donors (Lipinski definition) is 1. The highest BCUT2D eigenvalue weighted by atomic mass is 79.9. The molecule has 2 rings (SSSR count). The summed E-state index contributed by atoms with van der Waals surface area (Å²) in [6.45, 7) is 0.414. The molecular weight excluding hydrogens is 347 g/mol. The predicted molar refractivity (Wildman–Crippen MR) is 77.8 cm³/mol. The van der Waals surface area contributed by atoms with Crippen molar-refractivity contribution in [3.05, 3.63) is 63.6 Å². The van der Waals surface area contributed by atoms with Gasteiger partial charge in [0.25, 0.3) is 0 Å². The number of halogens is 4. The molecule has 2 nitrogen and oxygen atoms in total. The van der Waals surface area contributed by atoms with E-state index >= 15 is 0 Å². The molecule has 0 fully saturated rings. The van der Waals surface area contributed by atoms with Gasteiger partial charge in [-0.1, -0.05) is 28.1 Å². The smallest absolute Gasteiger partial charge is 0.416 e. The molecule has 0 bridgehead atoms. The Balaban J connectivity index is 2.10. The van der Waals surface area contributed by atoms with Crippen LogP contribution in [-0.2, 0) is 19.3 Å². The normalized spacial score (nSPS) is 11.5. The molecule has 0 aromatic heterocycles. The third kappa shape index (κ3) is 4.22. The Bertz CT molecular complexity index is 629. The van der Waals surface area contributed by atoms with E-state index < -0.39 is 11.7 Å². The molecule has 2 aromatic rings. The summed E-state index contributed by atoms with van der Waals surface area (Å²) in [5.74, 6) is 0.566. The summed E-state index contributed by atoms with van der Waals surface area (Å²) >= 11 is 3.36. The van der Waals surface area contributed by atoms with Gasteiger partial charge in [-0.05, 0) is 41.5 Å². The third-order valence-corrected chi connectivity index (χ3v) is 3.67. The Morgan fingerprint density at radius 2 is 1.86 bits per heavy atom. The fourth-order valence-corrected chi connectivity index (χ4v) is 2.21. The fourth-order valence-electron chi connectivity index (χ4n) is 1.80. The fraction of sp³-hybridized carbons (Fsp3) is 0.200. The number of alkyl halides is 3. The van der Waals surface area contributed by atoms with Crippen LogP contribution in [0.5, 0.6) is 5.75 Å². The molecule has 0 radical (unpaired) electrons. The molecule has 21 heavy (non-hydrogen) atoms. The first-order chi connectivity index (χ1) is 9.90. The highest BCUT2D eigenvalue weighted by Crippen LogP contribution is 2.30. The highest BCUT2D eigenvalue weighted by molar-refractivity contribution is 9.10. The van der Waals surface area contributed by atoms with Crippen molar-refractivity contribution in [3.8, 4) is 5.75 Å². The lowest BCUT2D eigenvalue weighted by Crippen LogP contribution is -2.06. The van der Waals surface area contributed by atoms with Gasteiger partial charge >= 0.3 is 6.18 Å². The zero-order valence-electron chi connectivity index (χ0n) is 11.0. The number of ether oxygens (including phenoxy) is 1. The van der Waals surface area contributed by atoms with Crippen LogP contribution in [0, 0.1) is 0 Å². The predicted octanol–water partition coefficient (Wildman–Crippen LogP) is 4.51. The number of rotatable bonds is 4. The molecule has 0 spiro atoms. The van der Waals surface area contributed by atoms with Crippen molar-refractivity contribution in [1.29, 1.82) is 0 Å². The van der Waals surface area contributed by atoms with Gasteiger partial charge in [0.1, 0.15) is 12.4 Å². The lowest BCUT2D eigenvalue weighted by molar-refractivity contribution is -0.137. The largest absolute Gasteiger partial charge is 0.489 e. The zero-order valence-corrected chi connectivity index (χ0v) is 12.5. The Hall–Kier alpha value is -1.53. The molecule has 0 unspecified atom stereocenters. The second kappa shape index (κ2) is 6.49. The van der Waals surface area contributed by atoms with Gasteiger partial charge in [0, 0.05) is 11.0 Å². The van der Waals surface area contributed by atoms with E-state index in [9.17, 15) is 13.2 Å². The van der Waals surface area contributed by atoms with Crippen molar-refractivity contribution in [3.63, 3.8) is 0 Å². The standard InChI is InChI=1S/C15H13BrF3NO/c16-14-5-4-13(7-11(14)8-20)21-9-10-2-1-3-12(6-10)15(17,18)19/h1-7H,8-9,20H2. The van der Waals surface area contributed by atoms with Gasteiger partial charge in [0.2, 0.25) is 0 Å². The van der Waals surface area contributed by atoms with Crippen molar-refractivity contribution < 1.29 is 17.9 Å². The maximum atomic E-state index is 12.6. The first-order valence-corrected chi connectivity index (χ1v) is 6.97. The molecule has 0 aliphatic carbocycles. The maximum absolute atomic E-state index is 12.6. The summed E-state index contributed by atoms with van der Waals surface area (Å²) in [6, 6.07) is 10.4. The Morgan fingerprint density at radius 1 is 1.10 bits per heavy atom. The number of nitrogens with two attached hydrogens (primary N) is 1. The first-order valence-electron chi connectivity index (χ1n) is 6.17. The van der Waals surface area contributed by atoms with Crippen molar-refractivity contribution in [2.24, 2.45) is 5.73 Å². The van der Waals surface area contributed by atoms with Gasteiger partial charge in [-0.2, -0.15) is 13.2 Å². The Labute approximate surface area is 128 Å². The quantitative estimate of drug-likeness (QED) is 0.871. The van der Waals surface area contributed by atoms with Crippen LogP contribution < -0.4 is 10.5 Å². The summed E-state index contributed by atoms with van der Waals surface area (Å²) < 4.78 is 44.2. The SMILES string of the molecule is NCc1cc(OCc2cccc(C(F)(F)F)c2)ccc1Br. The minimum atomic E-state index is -4.35. The van der Waals surface area contributed by atoms with E-state index in [0.29, 0.717) is 17.9 Å². The Kier molecular flexibility index (Phi) is 4.90. The van der Waals surface area contributed by atoms with Crippen LogP contribution in [0.15, 0.2) is 46.9 Å². The lowest BCUT2D eigenvalue weighted by atomic mass is 10.1. The maximum Gasteiger partial charge on any atom is 0.416 e. The van der Waals surface area contributed by atoms with Gasteiger partial charge in [0.05, 0.1) is 5.56 Å². The van der Waals surface area contributed by atoms with Crippen LogP contribution in [0.4, 0.5) is 13.2 Å². The molecule has 0 heterocycles. The van der Waals surface area contributed by atoms with Gasteiger partial charge in [-0.25, -0.2) is 0 Å². The minimum Gasteiger partial charge on any atom is -0.489 e. The van der Waals surface area contributed by atoms with Crippen LogP contribution in [0.2, 0.25) is 0 Å². The molecule has 6 heteroatoms. The minimum absolute atomic E-state index is 0.0650. The second-order valence-corrected chi connectivity index (χ2v) is 5.30. The average Bonchev–Trinajstić information content (AvgIpc) is 2.46. The molecule has 2 N–H and O–H groups in total. The molecule has 0 saturated heterocycles. The van der Waals surface area contributed by atoms with Crippen molar-refractivity contribution in [2.75, 3.05) is 0 Å². The van der Waals surface area contributed by atoms with E-state index in [1.165, 1.54) is 6.07 Å². The molecule has 2 aromatic carbocycles. The summed E-state index contributed by atoms with van der Waals surface area (Å²) in [5.41, 5.74) is 6.24. The average molecular weight is 360 g/mol. The summed E-state index contributed by atoms with van der Waals surface area (Å²) in [6.07, 6.45) is -4.35. The van der Waals surface area contributed by atoms with E-state index in [4.69, 9.17) is 10.5 Å². The van der Waals surface area contributed by atoms with Crippen LogP contribution in [0.1, 0.15) is 16.7 Å². The van der Waals surface area contributed by atoms with E-state index in [-0.39, 0.29) is 6.61 Å². The number of benzene rings is 2. The van der Waals surface area contributed by atoms with Crippen molar-refractivity contribution in [2.45, 2.75) is 19.3 Å². The summed E-state index contributed by atoms with van der Waals surface area (Å²) in [4.78, 5) is 0. The van der Waals surface area contributed by atoms with E-state index in [0.717, 1.165) is 22.2 Å². The third-order valence-electron chi connectivity index (χ3n) is 2.90. The lowest BCUT2D eigenvalue weighted by Gasteiger charge is -2.11. The van der Waals surface area contributed by atoms with Crippen LogP contribution in [-0.4, -0.2) is 0 Å².